The second kappa shape index (κ2) is 10.0. The molecule has 4 nitrogen and oxygen atoms in total. The van der Waals surface area contributed by atoms with Crippen molar-refractivity contribution in [2.24, 2.45) is 4.99 Å². The summed E-state index contributed by atoms with van der Waals surface area (Å²) in [5.41, 5.74) is 0.160. The second-order valence-electron chi connectivity index (χ2n) is 5.84. The van der Waals surface area contributed by atoms with E-state index >= 15 is 0 Å². The van der Waals surface area contributed by atoms with Gasteiger partial charge in [0.1, 0.15) is 11.6 Å². The summed E-state index contributed by atoms with van der Waals surface area (Å²) in [6, 6.07) is 3.64. The molecule has 1 rings (SSSR count). The van der Waals surface area contributed by atoms with E-state index in [0.29, 0.717) is 24.6 Å². The third-order valence-electron chi connectivity index (χ3n) is 3.53. The summed E-state index contributed by atoms with van der Waals surface area (Å²) in [6.07, 6.45) is 0. The first-order valence-electron chi connectivity index (χ1n) is 7.23. The normalized spacial score (nSPS) is 13.3. The average Bonchev–Trinajstić information content (AvgIpc) is 2.47. The highest BCUT2D eigenvalue weighted by Crippen LogP contribution is 2.19. The number of aliphatic imine (C=N–C) groups is 1. The van der Waals surface area contributed by atoms with Gasteiger partial charge in [-0.05, 0) is 25.5 Å². The van der Waals surface area contributed by atoms with Crippen LogP contribution in [-0.2, 0) is 4.74 Å². The van der Waals surface area contributed by atoms with Crippen LogP contribution >= 0.6 is 24.0 Å². The van der Waals surface area contributed by atoms with Gasteiger partial charge in [0, 0.05) is 39.2 Å². The molecule has 0 aromatic heterocycles. The predicted octanol–water partition coefficient (Wildman–Crippen LogP) is 3.28. The van der Waals surface area contributed by atoms with E-state index < -0.39 is 11.6 Å². The quantitative estimate of drug-likeness (QED) is 0.405. The lowest BCUT2D eigenvalue weighted by Gasteiger charge is -2.25. The van der Waals surface area contributed by atoms with E-state index in [1.807, 2.05) is 20.8 Å². The molecule has 0 bridgehead atoms. The Morgan fingerprint density at radius 3 is 2.48 bits per heavy atom. The molecule has 0 saturated heterocycles. The molecule has 23 heavy (non-hydrogen) atoms. The minimum atomic E-state index is -0.569. The molecule has 0 fully saturated rings. The first kappa shape index (κ1) is 22.0. The third-order valence-corrected chi connectivity index (χ3v) is 3.53. The Balaban J connectivity index is 0.00000484. The zero-order valence-corrected chi connectivity index (χ0v) is 16.6. The number of benzene rings is 1. The van der Waals surface area contributed by atoms with Crippen LogP contribution in [0.2, 0.25) is 0 Å². The third kappa shape index (κ3) is 7.43. The molecule has 132 valence electrons. The molecule has 2 N–H and O–H groups in total. The van der Waals surface area contributed by atoms with Crippen molar-refractivity contribution in [3.63, 3.8) is 0 Å². The highest BCUT2D eigenvalue weighted by Gasteiger charge is 2.17. The number of rotatable bonds is 6. The van der Waals surface area contributed by atoms with Crippen LogP contribution in [0.25, 0.3) is 0 Å². The first-order valence-corrected chi connectivity index (χ1v) is 7.23. The first-order chi connectivity index (χ1) is 10.3. The van der Waals surface area contributed by atoms with Crippen LogP contribution in [0.3, 0.4) is 0 Å². The highest BCUT2D eigenvalue weighted by atomic mass is 127. The number of ether oxygens (including phenoxy) is 1. The van der Waals surface area contributed by atoms with Gasteiger partial charge in [-0.3, -0.25) is 4.99 Å². The molecular weight excluding hydrogens is 415 g/mol. The van der Waals surface area contributed by atoms with E-state index in [-0.39, 0.29) is 35.5 Å². The Bertz CT molecular complexity index is 524. The molecule has 7 heteroatoms. The fourth-order valence-corrected chi connectivity index (χ4v) is 1.85. The summed E-state index contributed by atoms with van der Waals surface area (Å²) in [6.45, 7) is 6.86. The molecule has 0 aliphatic heterocycles. The molecule has 0 heterocycles. The van der Waals surface area contributed by atoms with Crippen molar-refractivity contribution < 1.29 is 13.5 Å². The van der Waals surface area contributed by atoms with Gasteiger partial charge < -0.3 is 15.4 Å². The summed E-state index contributed by atoms with van der Waals surface area (Å²) >= 11 is 0. The maximum absolute atomic E-state index is 13.7. The van der Waals surface area contributed by atoms with Gasteiger partial charge in [-0.1, -0.05) is 13.0 Å². The van der Waals surface area contributed by atoms with E-state index in [1.165, 1.54) is 12.1 Å². The smallest absolute Gasteiger partial charge is 0.191 e. The van der Waals surface area contributed by atoms with Crippen LogP contribution in [-0.4, -0.2) is 38.8 Å². The van der Waals surface area contributed by atoms with Crippen LogP contribution in [0.4, 0.5) is 8.78 Å². The molecule has 0 saturated carbocycles. The Labute approximate surface area is 154 Å². The van der Waals surface area contributed by atoms with E-state index in [4.69, 9.17) is 4.74 Å². The van der Waals surface area contributed by atoms with Crippen LogP contribution in [0.1, 0.15) is 32.3 Å². The van der Waals surface area contributed by atoms with Gasteiger partial charge in [0.15, 0.2) is 5.96 Å². The molecule has 0 amide bonds. The Kier molecular flexibility index (Phi) is 9.60. The van der Waals surface area contributed by atoms with E-state index in [9.17, 15) is 8.78 Å². The van der Waals surface area contributed by atoms with Gasteiger partial charge in [0.05, 0.1) is 5.60 Å². The van der Waals surface area contributed by atoms with E-state index in [1.54, 1.807) is 14.2 Å². The van der Waals surface area contributed by atoms with Crippen molar-refractivity contribution in [1.82, 2.24) is 10.6 Å². The standard InChI is InChI=1S/C16H25F2N3O.HI/c1-11(13-7-6-12(17)8-14(13)18)9-20-15(19-4)21-10-16(2,3)22-5;/h6-8,11H,9-10H2,1-5H3,(H2,19,20,21);1H. The van der Waals surface area contributed by atoms with E-state index in [0.717, 1.165) is 6.07 Å². The fraction of sp³-hybridized carbons (Fsp3) is 0.562. The lowest BCUT2D eigenvalue weighted by Crippen LogP contribution is -2.46. The topological polar surface area (TPSA) is 45.7 Å². The lowest BCUT2D eigenvalue weighted by atomic mass is 10.0. The molecule has 1 unspecified atom stereocenters. The molecular formula is C16H26F2IN3O. The summed E-state index contributed by atoms with van der Waals surface area (Å²) in [5, 5.41) is 6.28. The molecule has 0 aliphatic carbocycles. The Hall–Kier alpha value is -0.960. The average molecular weight is 441 g/mol. The van der Waals surface area contributed by atoms with Gasteiger partial charge in [-0.15, -0.1) is 24.0 Å². The maximum atomic E-state index is 13.7. The number of hydrogen-bond acceptors (Lipinski definition) is 2. The molecule has 0 aliphatic rings. The molecule has 0 spiro atoms. The number of methoxy groups -OCH3 is 1. The summed E-state index contributed by atoms with van der Waals surface area (Å²) in [5.74, 6) is -0.604. The van der Waals surface area contributed by atoms with Gasteiger partial charge in [-0.25, -0.2) is 8.78 Å². The predicted molar refractivity (Wildman–Crippen MR) is 101 cm³/mol. The van der Waals surface area contributed by atoms with Gasteiger partial charge >= 0.3 is 0 Å². The minimum absolute atomic E-state index is 0. The summed E-state index contributed by atoms with van der Waals surface area (Å²) in [4.78, 5) is 4.11. The molecule has 1 atom stereocenters. The fourth-order valence-electron chi connectivity index (χ4n) is 1.85. The largest absolute Gasteiger partial charge is 0.377 e. The Morgan fingerprint density at radius 1 is 1.30 bits per heavy atom. The zero-order chi connectivity index (χ0) is 16.8. The maximum Gasteiger partial charge on any atom is 0.191 e. The van der Waals surface area contributed by atoms with Gasteiger partial charge in [0.2, 0.25) is 0 Å². The van der Waals surface area contributed by atoms with E-state index in [2.05, 4.69) is 15.6 Å². The van der Waals surface area contributed by atoms with Crippen LogP contribution in [0, 0.1) is 11.6 Å². The van der Waals surface area contributed by atoms with Crippen molar-refractivity contribution in [3.8, 4) is 0 Å². The molecule has 1 aromatic carbocycles. The number of halogens is 3. The number of nitrogens with one attached hydrogen (secondary N) is 2. The number of hydrogen-bond donors (Lipinski definition) is 2. The molecule has 0 radical (unpaired) electrons. The number of guanidine groups is 1. The Morgan fingerprint density at radius 2 is 1.96 bits per heavy atom. The number of nitrogens with zero attached hydrogens (tertiary/aromatic N) is 1. The van der Waals surface area contributed by atoms with Crippen molar-refractivity contribution in [2.75, 3.05) is 27.2 Å². The van der Waals surface area contributed by atoms with Crippen LogP contribution in [0.15, 0.2) is 23.2 Å². The second-order valence-corrected chi connectivity index (χ2v) is 5.84. The van der Waals surface area contributed by atoms with Crippen molar-refractivity contribution in [3.05, 3.63) is 35.4 Å². The monoisotopic (exact) mass is 441 g/mol. The zero-order valence-electron chi connectivity index (χ0n) is 14.2. The highest BCUT2D eigenvalue weighted by molar-refractivity contribution is 14.0. The van der Waals surface area contributed by atoms with Gasteiger partial charge in [-0.2, -0.15) is 0 Å². The lowest BCUT2D eigenvalue weighted by molar-refractivity contribution is 0.0268. The molecule has 1 aromatic rings. The van der Waals surface area contributed by atoms with Crippen molar-refractivity contribution in [2.45, 2.75) is 32.3 Å². The SMILES string of the molecule is CN=C(NCC(C)c1ccc(F)cc1F)NCC(C)(C)OC.I. The minimum Gasteiger partial charge on any atom is -0.377 e. The van der Waals surface area contributed by atoms with Crippen molar-refractivity contribution in [1.29, 1.82) is 0 Å². The van der Waals surface area contributed by atoms with Gasteiger partial charge in [0.25, 0.3) is 0 Å². The van der Waals surface area contributed by atoms with Crippen LogP contribution < -0.4 is 10.6 Å². The summed E-state index contributed by atoms with van der Waals surface area (Å²) < 4.78 is 32.0. The van der Waals surface area contributed by atoms with Crippen LogP contribution in [0.5, 0.6) is 0 Å². The van der Waals surface area contributed by atoms with Crippen molar-refractivity contribution >= 4 is 29.9 Å². The summed E-state index contributed by atoms with van der Waals surface area (Å²) in [7, 11) is 3.32.